The summed E-state index contributed by atoms with van der Waals surface area (Å²) in [4.78, 5) is 18.0. The van der Waals surface area contributed by atoms with Gasteiger partial charge in [0.15, 0.2) is 5.13 Å². The van der Waals surface area contributed by atoms with Crippen molar-refractivity contribution in [3.63, 3.8) is 0 Å². The Morgan fingerprint density at radius 2 is 2.26 bits per heavy atom. The van der Waals surface area contributed by atoms with Gasteiger partial charge in [-0.05, 0) is 43.9 Å². The summed E-state index contributed by atoms with van der Waals surface area (Å²) in [5, 5.41) is 3.52. The second-order valence-electron chi connectivity index (χ2n) is 5.53. The van der Waals surface area contributed by atoms with Crippen LogP contribution < -0.4 is 15.8 Å². The van der Waals surface area contributed by atoms with Gasteiger partial charge in [-0.3, -0.25) is 10.1 Å². The molecule has 1 aromatic heterocycles. The largest absolute Gasteiger partial charge is 0.496 e. The number of amides is 1. The molecule has 0 saturated carbocycles. The minimum atomic E-state index is -0.173. The molecule has 0 spiro atoms. The number of carbonyl (C=O) groups excluding carboxylic acids is 1. The van der Waals surface area contributed by atoms with Crippen LogP contribution in [0.5, 0.6) is 5.75 Å². The van der Waals surface area contributed by atoms with E-state index in [2.05, 4.69) is 10.3 Å². The van der Waals surface area contributed by atoms with Gasteiger partial charge in [-0.15, -0.1) is 23.7 Å². The summed E-state index contributed by atoms with van der Waals surface area (Å²) < 4.78 is 5.26. The molecule has 23 heavy (non-hydrogen) atoms. The fourth-order valence-electron chi connectivity index (χ4n) is 2.58. The molecule has 1 atom stereocenters. The van der Waals surface area contributed by atoms with Crippen molar-refractivity contribution in [3.05, 3.63) is 39.9 Å². The molecule has 0 fully saturated rings. The van der Waals surface area contributed by atoms with E-state index in [9.17, 15) is 4.79 Å². The third kappa shape index (κ3) is 3.83. The van der Waals surface area contributed by atoms with Gasteiger partial charge in [0.1, 0.15) is 5.75 Å². The predicted molar refractivity (Wildman–Crippen MR) is 95.0 cm³/mol. The lowest BCUT2D eigenvalue weighted by Crippen LogP contribution is -2.27. The molecule has 2 aromatic rings. The molecule has 1 aliphatic rings. The number of aryl methyl sites for hydroxylation is 2. The number of benzene rings is 1. The molecule has 1 aliphatic carbocycles. The maximum Gasteiger partial charge on any atom is 0.257 e. The Balaban J connectivity index is 0.00000192. The van der Waals surface area contributed by atoms with Crippen LogP contribution >= 0.6 is 23.7 Å². The van der Waals surface area contributed by atoms with E-state index >= 15 is 0 Å². The summed E-state index contributed by atoms with van der Waals surface area (Å²) >= 11 is 1.52. The summed E-state index contributed by atoms with van der Waals surface area (Å²) in [6.07, 6.45) is 2.70. The molecule has 3 N–H and O–H groups in total. The zero-order valence-corrected chi connectivity index (χ0v) is 14.7. The molecule has 0 saturated heterocycles. The van der Waals surface area contributed by atoms with Crippen LogP contribution in [-0.2, 0) is 12.8 Å². The molecule has 0 unspecified atom stereocenters. The van der Waals surface area contributed by atoms with E-state index in [1.54, 1.807) is 19.2 Å². The number of hydrogen-bond acceptors (Lipinski definition) is 5. The van der Waals surface area contributed by atoms with Crippen LogP contribution in [0.3, 0.4) is 0 Å². The van der Waals surface area contributed by atoms with E-state index in [-0.39, 0.29) is 24.4 Å². The van der Waals surface area contributed by atoms with Gasteiger partial charge < -0.3 is 10.5 Å². The maximum absolute atomic E-state index is 12.3. The number of halogens is 1. The molecule has 0 aliphatic heterocycles. The predicted octanol–water partition coefficient (Wildman–Crippen LogP) is 2.95. The van der Waals surface area contributed by atoms with Gasteiger partial charge in [-0.25, -0.2) is 4.98 Å². The summed E-state index contributed by atoms with van der Waals surface area (Å²) in [7, 11) is 1.60. The highest BCUT2D eigenvalue weighted by Crippen LogP contribution is 2.29. The number of ether oxygens (including phenoxy) is 1. The quantitative estimate of drug-likeness (QED) is 0.889. The first kappa shape index (κ1) is 17.7. The lowest BCUT2D eigenvalue weighted by Gasteiger charge is -2.15. The van der Waals surface area contributed by atoms with Crippen molar-refractivity contribution in [2.24, 2.45) is 5.73 Å². The van der Waals surface area contributed by atoms with Crippen molar-refractivity contribution in [2.45, 2.75) is 32.2 Å². The van der Waals surface area contributed by atoms with Gasteiger partial charge in [0.25, 0.3) is 5.91 Å². The molecular formula is C16H20ClN3O2S. The number of nitrogens with two attached hydrogens (primary N) is 1. The number of anilines is 1. The minimum Gasteiger partial charge on any atom is -0.496 e. The second-order valence-corrected chi connectivity index (χ2v) is 6.61. The van der Waals surface area contributed by atoms with Crippen molar-refractivity contribution in [1.82, 2.24) is 4.98 Å². The Hall–Kier alpha value is -1.63. The Morgan fingerprint density at radius 3 is 3.00 bits per heavy atom. The van der Waals surface area contributed by atoms with Gasteiger partial charge in [-0.2, -0.15) is 0 Å². The fraction of sp³-hybridized carbons (Fsp3) is 0.375. The zero-order valence-electron chi connectivity index (χ0n) is 13.1. The molecule has 1 amide bonds. The summed E-state index contributed by atoms with van der Waals surface area (Å²) in [5.41, 5.74) is 8.61. The van der Waals surface area contributed by atoms with E-state index in [0.29, 0.717) is 16.4 Å². The molecule has 1 aromatic carbocycles. The SMILES string of the molecule is COc1cc(C(=O)Nc2nc3c(s2)C[C@@H](N)CC3)ccc1C.Cl. The number of nitrogens with zero attached hydrogens (tertiary/aromatic N) is 1. The number of rotatable bonds is 3. The van der Waals surface area contributed by atoms with Crippen molar-refractivity contribution < 1.29 is 9.53 Å². The van der Waals surface area contributed by atoms with Gasteiger partial charge in [0, 0.05) is 16.5 Å². The molecular weight excluding hydrogens is 334 g/mol. The maximum atomic E-state index is 12.3. The summed E-state index contributed by atoms with van der Waals surface area (Å²) in [5.74, 6) is 0.533. The van der Waals surface area contributed by atoms with Crippen LogP contribution in [0, 0.1) is 6.92 Å². The molecule has 3 rings (SSSR count). The average Bonchev–Trinajstić information content (AvgIpc) is 2.88. The molecule has 1 heterocycles. The Kier molecular flexibility index (Phi) is 5.62. The van der Waals surface area contributed by atoms with E-state index in [1.165, 1.54) is 16.2 Å². The van der Waals surface area contributed by atoms with Crippen molar-refractivity contribution in [3.8, 4) is 5.75 Å². The number of thiazole rings is 1. The number of aromatic nitrogens is 1. The Morgan fingerprint density at radius 1 is 1.48 bits per heavy atom. The standard InChI is InChI=1S/C16H19N3O2S.ClH/c1-9-3-4-10(7-13(9)21-2)15(20)19-16-18-12-6-5-11(17)8-14(12)22-16;/h3-4,7,11H,5-6,8,17H2,1-2H3,(H,18,19,20);1H/t11-;/m0./s1. The Bertz CT molecular complexity index is 717. The second kappa shape index (κ2) is 7.29. The first-order valence-electron chi connectivity index (χ1n) is 7.27. The van der Waals surface area contributed by atoms with Gasteiger partial charge in [-0.1, -0.05) is 6.07 Å². The number of nitrogens with one attached hydrogen (secondary N) is 1. The smallest absolute Gasteiger partial charge is 0.257 e. The lowest BCUT2D eigenvalue weighted by atomic mass is 9.99. The van der Waals surface area contributed by atoms with Crippen LogP contribution in [0.15, 0.2) is 18.2 Å². The van der Waals surface area contributed by atoms with Crippen LogP contribution in [0.1, 0.15) is 32.9 Å². The van der Waals surface area contributed by atoms with Gasteiger partial charge >= 0.3 is 0 Å². The van der Waals surface area contributed by atoms with E-state index in [1.807, 2.05) is 13.0 Å². The highest BCUT2D eigenvalue weighted by atomic mass is 35.5. The van der Waals surface area contributed by atoms with Crippen LogP contribution in [0.4, 0.5) is 5.13 Å². The third-order valence-electron chi connectivity index (χ3n) is 3.87. The topological polar surface area (TPSA) is 77.2 Å². The number of fused-ring (bicyclic) bond motifs is 1. The molecule has 5 nitrogen and oxygen atoms in total. The number of methoxy groups -OCH3 is 1. The van der Waals surface area contributed by atoms with Crippen molar-refractivity contribution >= 4 is 34.8 Å². The highest BCUT2D eigenvalue weighted by molar-refractivity contribution is 7.15. The molecule has 124 valence electrons. The van der Waals surface area contributed by atoms with Crippen molar-refractivity contribution in [1.29, 1.82) is 0 Å². The van der Waals surface area contributed by atoms with E-state index < -0.39 is 0 Å². The highest BCUT2D eigenvalue weighted by Gasteiger charge is 2.21. The third-order valence-corrected chi connectivity index (χ3v) is 4.90. The lowest BCUT2D eigenvalue weighted by molar-refractivity contribution is 0.102. The van der Waals surface area contributed by atoms with Crippen LogP contribution in [0.2, 0.25) is 0 Å². The normalized spacial score (nSPS) is 16.2. The van der Waals surface area contributed by atoms with Crippen LogP contribution in [-0.4, -0.2) is 24.0 Å². The first-order valence-corrected chi connectivity index (χ1v) is 8.08. The number of carbonyl (C=O) groups is 1. The molecule has 7 heteroatoms. The molecule has 0 radical (unpaired) electrons. The van der Waals surface area contributed by atoms with E-state index in [4.69, 9.17) is 10.5 Å². The minimum absolute atomic E-state index is 0. The average molecular weight is 354 g/mol. The van der Waals surface area contributed by atoms with E-state index in [0.717, 1.165) is 30.5 Å². The number of hydrogen-bond donors (Lipinski definition) is 2. The molecule has 0 bridgehead atoms. The Labute approximate surface area is 145 Å². The van der Waals surface area contributed by atoms with Crippen LogP contribution in [0.25, 0.3) is 0 Å². The zero-order chi connectivity index (χ0) is 15.7. The van der Waals surface area contributed by atoms with Gasteiger partial charge in [0.05, 0.1) is 12.8 Å². The fourth-order valence-corrected chi connectivity index (χ4v) is 3.68. The van der Waals surface area contributed by atoms with Crippen molar-refractivity contribution in [2.75, 3.05) is 12.4 Å². The first-order chi connectivity index (χ1) is 10.6. The summed E-state index contributed by atoms with van der Waals surface area (Å²) in [6, 6.07) is 5.61. The summed E-state index contributed by atoms with van der Waals surface area (Å²) in [6.45, 7) is 1.94. The monoisotopic (exact) mass is 353 g/mol. The van der Waals surface area contributed by atoms with Gasteiger partial charge in [0.2, 0.25) is 0 Å².